The van der Waals surface area contributed by atoms with Crippen molar-refractivity contribution < 1.29 is 9.59 Å². The summed E-state index contributed by atoms with van der Waals surface area (Å²) in [7, 11) is 0. The zero-order chi connectivity index (χ0) is 23.7. The zero-order valence-corrected chi connectivity index (χ0v) is 21.9. The molecule has 2 aromatic heterocycles. The monoisotopic (exact) mass is 591 g/mol. The second kappa shape index (κ2) is 10.0. The molecule has 3 N–H and O–H groups in total. The van der Waals surface area contributed by atoms with E-state index >= 15 is 0 Å². The highest BCUT2D eigenvalue weighted by Crippen LogP contribution is 2.36. The minimum atomic E-state index is -0.667. The molecule has 2 fully saturated rings. The molecule has 2 aliphatic rings. The Morgan fingerprint density at radius 2 is 1.91 bits per heavy atom. The second-order valence-corrected chi connectivity index (χ2v) is 10.8. The minimum absolute atomic E-state index is 0.111. The first-order chi connectivity index (χ1) is 16.6. The van der Waals surface area contributed by atoms with Crippen molar-refractivity contribution in [3.05, 3.63) is 42.2 Å². The van der Waals surface area contributed by atoms with Gasteiger partial charge in [-0.15, -0.1) is 0 Å². The van der Waals surface area contributed by atoms with Crippen LogP contribution in [-0.2, 0) is 9.59 Å². The fraction of sp³-hybridized carbons (Fsp3) is 0.391. The number of carbonyl (C=O) groups excluding carboxylic acids is 2. The summed E-state index contributed by atoms with van der Waals surface area (Å²) in [5.74, 6) is -0.849. The van der Waals surface area contributed by atoms with Gasteiger partial charge in [0.25, 0.3) is 0 Å². The first-order valence-electron chi connectivity index (χ1n) is 11.5. The first kappa shape index (κ1) is 23.3. The first-order valence-corrected chi connectivity index (χ1v) is 15.6. The molecule has 34 heavy (non-hydrogen) atoms. The summed E-state index contributed by atoms with van der Waals surface area (Å²) in [6.45, 7) is 2.70. The Labute approximate surface area is 212 Å². The van der Waals surface area contributed by atoms with Gasteiger partial charge < -0.3 is 20.9 Å². The Hall–Kier alpha value is -2.46. The standard InChI is InChI=1S/C23H27IN7O2P/c24-34-31-20-17(13-27-31)21(25)26-14-18(20)28-22(32)23(33)30-11-2-1-8-19(30)15-6-5-7-16(12-15)29-9-3-4-10-29/h5-7,12-14,19,34H,1-4,8-11H2,(H2,25,26)(H,28,32). The van der Waals surface area contributed by atoms with Gasteiger partial charge >= 0.3 is 11.8 Å². The summed E-state index contributed by atoms with van der Waals surface area (Å²) < 4.78 is 1.75. The number of nitrogen functional groups attached to an aromatic ring is 1. The Morgan fingerprint density at radius 1 is 1.12 bits per heavy atom. The quantitative estimate of drug-likeness (QED) is 0.269. The molecule has 2 unspecified atom stereocenters. The number of aromatic nitrogens is 3. The number of benzene rings is 1. The normalized spacial score (nSPS) is 18.8. The third kappa shape index (κ3) is 4.45. The van der Waals surface area contributed by atoms with Gasteiger partial charge in [0, 0.05) is 25.3 Å². The van der Waals surface area contributed by atoms with Gasteiger partial charge in [-0.1, -0.05) is 12.1 Å². The van der Waals surface area contributed by atoms with Crippen LogP contribution in [0.3, 0.4) is 0 Å². The number of likely N-dealkylation sites (tertiary alicyclic amines) is 1. The molecular weight excluding hydrogens is 564 g/mol. The maximum Gasteiger partial charge on any atom is 0.314 e. The fourth-order valence-electron chi connectivity index (χ4n) is 4.95. The van der Waals surface area contributed by atoms with Crippen molar-refractivity contribution in [3.8, 4) is 0 Å². The highest BCUT2D eigenvalue weighted by atomic mass is 127. The number of carbonyl (C=O) groups is 2. The number of anilines is 3. The van der Waals surface area contributed by atoms with Gasteiger partial charge in [0.2, 0.25) is 0 Å². The lowest BCUT2D eigenvalue weighted by Gasteiger charge is -2.36. The zero-order valence-electron chi connectivity index (χ0n) is 18.7. The average molecular weight is 591 g/mol. The van der Waals surface area contributed by atoms with Gasteiger partial charge in [0.15, 0.2) is 0 Å². The smallest absolute Gasteiger partial charge is 0.314 e. The predicted molar refractivity (Wildman–Crippen MR) is 144 cm³/mol. The van der Waals surface area contributed by atoms with Crippen LogP contribution in [0.15, 0.2) is 36.7 Å². The molecule has 0 bridgehead atoms. The number of fused-ring (bicyclic) bond motifs is 1. The fourth-order valence-corrected chi connectivity index (χ4v) is 6.47. The SMILES string of the molecule is Nc1ncc(NC(=O)C(=O)N2CCCCC2c2cccc(N3CCCC3)c2)c2c1cnn2PI. The average Bonchev–Trinajstić information content (AvgIpc) is 3.56. The molecule has 178 valence electrons. The predicted octanol–water partition coefficient (Wildman–Crippen LogP) is 4.10. The third-order valence-electron chi connectivity index (χ3n) is 6.65. The Kier molecular flexibility index (Phi) is 6.87. The number of amides is 2. The molecule has 11 heteroatoms. The summed E-state index contributed by atoms with van der Waals surface area (Å²) in [6.07, 6.45) is 8.63. The Bertz CT molecular complexity index is 1230. The van der Waals surface area contributed by atoms with Crippen LogP contribution in [0.25, 0.3) is 10.9 Å². The summed E-state index contributed by atoms with van der Waals surface area (Å²) in [6, 6.07) is 8.34. The van der Waals surface area contributed by atoms with Crippen molar-refractivity contribution in [1.82, 2.24) is 19.4 Å². The van der Waals surface area contributed by atoms with Crippen LogP contribution in [0.4, 0.5) is 17.2 Å². The number of rotatable bonds is 4. The van der Waals surface area contributed by atoms with Gasteiger partial charge in [-0.3, -0.25) is 9.59 Å². The number of piperidine rings is 1. The lowest BCUT2D eigenvalue weighted by molar-refractivity contribution is -0.145. The molecule has 9 nitrogen and oxygen atoms in total. The summed E-state index contributed by atoms with van der Waals surface area (Å²) in [5, 5.41) is 7.76. The van der Waals surface area contributed by atoms with Crippen LogP contribution in [0.5, 0.6) is 0 Å². The number of nitrogens with one attached hydrogen (secondary N) is 1. The Balaban J connectivity index is 1.39. The van der Waals surface area contributed by atoms with Crippen molar-refractivity contribution in [3.63, 3.8) is 0 Å². The van der Waals surface area contributed by atoms with E-state index in [-0.39, 0.29) is 6.04 Å². The topological polar surface area (TPSA) is 109 Å². The lowest BCUT2D eigenvalue weighted by atomic mass is 9.94. The van der Waals surface area contributed by atoms with Crippen molar-refractivity contribution in [2.75, 3.05) is 35.6 Å². The molecule has 2 aliphatic heterocycles. The van der Waals surface area contributed by atoms with Crippen LogP contribution in [0, 0.1) is 0 Å². The molecule has 2 atom stereocenters. The van der Waals surface area contributed by atoms with E-state index in [9.17, 15) is 9.59 Å². The van der Waals surface area contributed by atoms with E-state index in [1.54, 1.807) is 15.5 Å². The molecule has 1 aromatic carbocycles. The number of pyridine rings is 1. The lowest BCUT2D eigenvalue weighted by Crippen LogP contribution is -2.44. The number of nitrogens with zero attached hydrogens (tertiary/aromatic N) is 5. The molecule has 2 saturated heterocycles. The van der Waals surface area contributed by atoms with Crippen molar-refractivity contribution in [2.45, 2.75) is 38.1 Å². The third-order valence-corrected chi connectivity index (χ3v) is 8.52. The molecule has 0 aliphatic carbocycles. The van der Waals surface area contributed by atoms with Crippen LogP contribution >= 0.6 is 28.4 Å². The second-order valence-electron chi connectivity index (χ2n) is 8.71. The molecule has 4 heterocycles. The molecule has 2 amide bonds. The highest BCUT2D eigenvalue weighted by molar-refractivity contribution is 14.2. The maximum atomic E-state index is 13.4. The van der Waals surface area contributed by atoms with E-state index < -0.39 is 11.8 Å². The number of hydrogen-bond donors (Lipinski definition) is 2. The molecule has 3 aromatic rings. The molecule has 5 rings (SSSR count). The minimum Gasteiger partial charge on any atom is -0.383 e. The van der Waals surface area contributed by atoms with Crippen molar-refractivity contribution in [1.29, 1.82) is 0 Å². The molecule has 0 spiro atoms. The number of halogens is 1. The van der Waals surface area contributed by atoms with Gasteiger partial charge in [-0.05, 0) is 71.8 Å². The van der Waals surface area contributed by atoms with Gasteiger partial charge in [0.05, 0.1) is 35.9 Å². The van der Waals surface area contributed by atoms with E-state index in [2.05, 4.69) is 66.6 Å². The largest absolute Gasteiger partial charge is 0.383 e. The number of hydrogen-bond acceptors (Lipinski definition) is 6. The Morgan fingerprint density at radius 3 is 2.71 bits per heavy atom. The highest BCUT2D eigenvalue weighted by Gasteiger charge is 2.32. The van der Waals surface area contributed by atoms with Crippen LogP contribution in [-0.4, -0.2) is 50.9 Å². The van der Waals surface area contributed by atoms with Gasteiger partial charge in [-0.25, -0.2) is 9.44 Å². The van der Waals surface area contributed by atoms with E-state index in [1.165, 1.54) is 24.7 Å². The van der Waals surface area contributed by atoms with E-state index in [1.807, 2.05) is 0 Å². The van der Waals surface area contributed by atoms with E-state index in [0.29, 0.717) is 35.3 Å². The van der Waals surface area contributed by atoms with Crippen molar-refractivity contribution >= 4 is 68.3 Å². The number of nitrogens with two attached hydrogens (primary N) is 1. The molecule has 0 radical (unpaired) electrons. The maximum absolute atomic E-state index is 13.4. The van der Waals surface area contributed by atoms with Crippen LogP contribution in [0.1, 0.15) is 43.7 Å². The summed E-state index contributed by atoms with van der Waals surface area (Å²) in [5.41, 5.74) is 9.38. The van der Waals surface area contributed by atoms with E-state index in [0.717, 1.165) is 37.9 Å². The molecule has 0 saturated carbocycles. The van der Waals surface area contributed by atoms with Crippen LogP contribution < -0.4 is 16.0 Å². The van der Waals surface area contributed by atoms with Gasteiger partial charge in [-0.2, -0.15) is 5.10 Å². The summed E-state index contributed by atoms with van der Waals surface area (Å²) in [4.78, 5) is 34.8. The molecular formula is C23H27IN7O2P. The summed E-state index contributed by atoms with van der Waals surface area (Å²) >= 11 is 2.21. The van der Waals surface area contributed by atoms with Gasteiger partial charge in [0.1, 0.15) is 11.3 Å². The van der Waals surface area contributed by atoms with Crippen molar-refractivity contribution in [2.24, 2.45) is 0 Å². The van der Waals surface area contributed by atoms with Crippen LogP contribution in [0.2, 0.25) is 0 Å². The van der Waals surface area contributed by atoms with E-state index in [4.69, 9.17) is 5.73 Å².